The van der Waals surface area contributed by atoms with Crippen molar-refractivity contribution in [1.29, 1.82) is 0 Å². The van der Waals surface area contributed by atoms with Crippen LogP contribution < -0.4 is 10.6 Å². The minimum absolute atomic E-state index is 0. The number of hydrogen-bond acceptors (Lipinski definition) is 2. The molecule has 1 aliphatic heterocycles. The number of nitrogens with one attached hydrogen (secondary N) is 2. The third kappa shape index (κ3) is 2.10. The van der Waals surface area contributed by atoms with Crippen LogP contribution in [-0.2, 0) is 10.3 Å². The second kappa shape index (κ2) is 5.46. The van der Waals surface area contributed by atoms with E-state index in [0.29, 0.717) is 0 Å². The molecule has 2 aromatic carbocycles. The minimum atomic E-state index is -1.14. The molecule has 0 atom stereocenters. The molecule has 3 rings (SSSR count). The number of amides is 3. The predicted octanol–water partition coefficient (Wildman–Crippen LogP) is 2.35. The lowest BCUT2D eigenvalue weighted by Crippen LogP contribution is -2.44. The molecule has 2 aromatic rings. The molecule has 4 nitrogen and oxygen atoms in total. The van der Waals surface area contributed by atoms with E-state index in [1.54, 1.807) is 0 Å². The van der Waals surface area contributed by atoms with Crippen LogP contribution in [0.3, 0.4) is 0 Å². The van der Waals surface area contributed by atoms with Crippen molar-refractivity contribution in [3.05, 3.63) is 71.8 Å². The van der Waals surface area contributed by atoms with Crippen LogP contribution in [0.2, 0.25) is 0 Å². The Hall–Kier alpha value is -2.14. The summed E-state index contributed by atoms with van der Waals surface area (Å²) in [6.07, 6.45) is 0. The molecule has 0 bridgehead atoms. The van der Waals surface area contributed by atoms with E-state index >= 15 is 0 Å². The lowest BCUT2D eigenvalue weighted by atomic mass is 9.83. The molecular weight excluding hydrogens is 320 g/mol. The standard InChI is InChI=1S/C15H12N2O2.BrH/c18-13-15(17-14(19)16-13,11-7-3-1-4-8-11)12-9-5-2-6-10-12;/h1-10H,(H2,16,17,18,19);1H. The van der Waals surface area contributed by atoms with Crippen LogP contribution in [0.15, 0.2) is 60.7 Å². The molecule has 3 amide bonds. The van der Waals surface area contributed by atoms with Crippen molar-refractivity contribution in [3.8, 4) is 0 Å². The van der Waals surface area contributed by atoms with Crippen LogP contribution >= 0.6 is 17.0 Å². The molecule has 0 aromatic heterocycles. The lowest BCUT2D eigenvalue weighted by molar-refractivity contribution is -0.122. The van der Waals surface area contributed by atoms with Gasteiger partial charge in [-0.05, 0) is 11.1 Å². The fourth-order valence-electron chi connectivity index (χ4n) is 2.40. The van der Waals surface area contributed by atoms with Crippen molar-refractivity contribution in [3.63, 3.8) is 0 Å². The molecule has 0 saturated carbocycles. The summed E-state index contributed by atoms with van der Waals surface area (Å²) < 4.78 is 0. The molecule has 5 heteroatoms. The molecule has 1 heterocycles. The van der Waals surface area contributed by atoms with Crippen LogP contribution in [0.4, 0.5) is 4.79 Å². The van der Waals surface area contributed by atoms with Crippen LogP contribution in [0.1, 0.15) is 11.1 Å². The van der Waals surface area contributed by atoms with Gasteiger partial charge >= 0.3 is 6.03 Å². The lowest BCUT2D eigenvalue weighted by Gasteiger charge is -2.27. The number of rotatable bonds is 2. The molecule has 1 fully saturated rings. The second-order valence-electron chi connectivity index (χ2n) is 4.39. The second-order valence-corrected chi connectivity index (χ2v) is 4.39. The third-order valence-electron chi connectivity index (χ3n) is 3.28. The van der Waals surface area contributed by atoms with E-state index in [1.807, 2.05) is 60.7 Å². The van der Waals surface area contributed by atoms with E-state index in [0.717, 1.165) is 11.1 Å². The third-order valence-corrected chi connectivity index (χ3v) is 3.28. The zero-order valence-corrected chi connectivity index (χ0v) is 12.2. The van der Waals surface area contributed by atoms with E-state index in [2.05, 4.69) is 10.6 Å². The van der Waals surface area contributed by atoms with Crippen molar-refractivity contribution in [2.75, 3.05) is 0 Å². The average Bonchev–Trinajstić information content (AvgIpc) is 2.76. The van der Waals surface area contributed by atoms with Gasteiger partial charge in [-0.15, -0.1) is 17.0 Å². The van der Waals surface area contributed by atoms with Gasteiger partial charge in [-0.2, -0.15) is 0 Å². The highest BCUT2D eigenvalue weighted by Crippen LogP contribution is 2.32. The maximum absolute atomic E-state index is 12.3. The molecule has 0 unspecified atom stereocenters. The van der Waals surface area contributed by atoms with Crippen LogP contribution in [0, 0.1) is 0 Å². The summed E-state index contributed by atoms with van der Waals surface area (Å²) in [5.74, 6) is -0.352. The van der Waals surface area contributed by atoms with Crippen molar-refractivity contribution >= 4 is 28.9 Å². The summed E-state index contributed by atoms with van der Waals surface area (Å²) in [4.78, 5) is 23.9. The molecule has 102 valence electrons. The van der Waals surface area contributed by atoms with Crippen molar-refractivity contribution in [1.82, 2.24) is 10.6 Å². The monoisotopic (exact) mass is 332 g/mol. The van der Waals surface area contributed by atoms with Crippen molar-refractivity contribution in [2.24, 2.45) is 0 Å². The van der Waals surface area contributed by atoms with Crippen LogP contribution in [0.5, 0.6) is 0 Å². The highest BCUT2D eigenvalue weighted by molar-refractivity contribution is 8.93. The molecular formula is C15H13BrN2O2. The van der Waals surface area contributed by atoms with Crippen molar-refractivity contribution < 1.29 is 9.59 Å². The summed E-state index contributed by atoms with van der Waals surface area (Å²) in [7, 11) is 0. The van der Waals surface area contributed by atoms with Gasteiger partial charge in [-0.25, -0.2) is 4.79 Å². The van der Waals surface area contributed by atoms with Crippen molar-refractivity contribution in [2.45, 2.75) is 5.54 Å². The van der Waals surface area contributed by atoms with Gasteiger partial charge in [0.15, 0.2) is 5.54 Å². The van der Waals surface area contributed by atoms with Gasteiger partial charge < -0.3 is 5.32 Å². The van der Waals surface area contributed by atoms with Gasteiger partial charge in [-0.1, -0.05) is 60.7 Å². The normalized spacial score (nSPS) is 16.0. The van der Waals surface area contributed by atoms with E-state index in [4.69, 9.17) is 0 Å². The Kier molecular flexibility index (Phi) is 3.90. The quantitative estimate of drug-likeness (QED) is 0.829. The van der Waals surface area contributed by atoms with E-state index in [9.17, 15) is 9.59 Å². The number of urea groups is 1. The first-order chi connectivity index (χ1) is 9.23. The summed E-state index contributed by atoms with van der Waals surface area (Å²) in [6.45, 7) is 0. The molecule has 0 spiro atoms. The summed E-state index contributed by atoms with van der Waals surface area (Å²) >= 11 is 0. The summed E-state index contributed by atoms with van der Waals surface area (Å²) in [5, 5.41) is 5.07. The molecule has 0 aliphatic carbocycles. The Morgan fingerprint density at radius 3 is 1.55 bits per heavy atom. The van der Waals surface area contributed by atoms with E-state index in [-0.39, 0.29) is 22.9 Å². The van der Waals surface area contributed by atoms with Crippen LogP contribution in [0.25, 0.3) is 0 Å². The maximum atomic E-state index is 12.3. The minimum Gasteiger partial charge on any atom is -0.316 e. The Balaban J connectivity index is 0.00000147. The Bertz CT molecular complexity index is 589. The number of carbonyl (C=O) groups is 2. The molecule has 1 saturated heterocycles. The van der Waals surface area contributed by atoms with E-state index in [1.165, 1.54) is 0 Å². The van der Waals surface area contributed by atoms with Gasteiger partial charge in [0.1, 0.15) is 0 Å². The van der Waals surface area contributed by atoms with Crippen LogP contribution in [-0.4, -0.2) is 11.9 Å². The number of carbonyl (C=O) groups excluding carboxylic acids is 2. The number of hydrogen-bond donors (Lipinski definition) is 2. The fourth-order valence-corrected chi connectivity index (χ4v) is 2.40. The maximum Gasteiger partial charge on any atom is 0.322 e. The Morgan fingerprint density at radius 2 is 1.20 bits per heavy atom. The predicted molar refractivity (Wildman–Crippen MR) is 80.7 cm³/mol. The topological polar surface area (TPSA) is 58.2 Å². The Morgan fingerprint density at radius 1 is 0.750 bits per heavy atom. The fraction of sp³-hybridized carbons (Fsp3) is 0.0667. The highest BCUT2D eigenvalue weighted by Gasteiger charge is 2.48. The van der Waals surface area contributed by atoms with E-state index < -0.39 is 11.6 Å². The first-order valence-electron chi connectivity index (χ1n) is 5.98. The number of halogens is 1. The summed E-state index contributed by atoms with van der Waals surface area (Å²) in [5.41, 5.74) is 0.341. The molecule has 20 heavy (non-hydrogen) atoms. The molecule has 1 aliphatic rings. The first-order valence-corrected chi connectivity index (χ1v) is 5.98. The van der Waals surface area contributed by atoms with Gasteiger partial charge in [0.05, 0.1) is 0 Å². The van der Waals surface area contributed by atoms with Gasteiger partial charge in [-0.3, -0.25) is 10.1 Å². The first kappa shape index (κ1) is 14.3. The van der Waals surface area contributed by atoms with Gasteiger partial charge in [0, 0.05) is 0 Å². The number of imide groups is 1. The highest BCUT2D eigenvalue weighted by atomic mass is 79.9. The summed E-state index contributed by atoms with van der Waals surface area (Å²) in [6, 6.07) is 18.0. The molecule has 0 radical (unpaired) electrons. The zero-order chi connectivity index (χ0) is 13.3. The zero-order valence-electron chi connectivity index (χ0n) is 10.5. The molecule has 2 N–H and O–H groups in total. The SMILES string of the molecule is Br.O=C1NC(=O)C(c2ccccc2)(c2ccccc2)N1. The van der Waals surface area contributed by atoms with Gasteiger partial charge in [0.25, 0.3) is 5.91 Å². The average molecular weight is 333 g/mol. The Labute approximate surface area is 127 Å². The largest absolute Gasteiger partial charge is 0.322 e. The van der Waals surface area contributed by atoms with Gasteiger partial charge in [0.2, 0.25) is 0 Å². The smallest absolute Gasteiger partial charge is 0.316 e. The number of benzene rings is 2.